The predicted octanol–water partition coefficient (Wildman–Crippen LogP) is 3.84. The fourth-order valence-corrected chi connectivity index (χ4v) is 3.47. The lowest BCUT2D eigenvalue weighted by atomic mass is 9.91. The number of Topliss-reactive ketones (excluding diaryl/α,β-unsaturated/α-hetero) is 1. The second-order valence-corrected chi connectivity index (χ2v) is 9.09. The monoisotopic (exact) mass is 404 g/mol. The van der Waals surface area contributed by atoms with Crippen LogP contribution in [0, 0.1) is 19.3 Å². The van der Waals surface area contributed by atoms with Crippen LogP contribution in [0.4, 0.5) is 0 Å². The summed E-state index contributed by atoms with van der Waals surface area (Å²) in [7, 11) is -4.00. The molecule has 2 aromatic carbocycles. The molecule has 28 heavy (non-hydrogen) atoms. The Labute approximate surface area is 165 Å². The number of carbonyl (C=O) groups is 2. The molecular weight excluding hydrogens is 380 g/mol. The van der Waals surface area contributed by atoms with E-state index in [1.54, 1.807) is 46.8 Å². The smallest absolute Gasteiger partial charge is 0.339 e. The lowest BCUT2D eigenvalue weighted by molar-refractivity contribution is -0.129. The van der Waals surface area contributed by atoms with E-state index < -0.39 is 21.5 Å². The van der Waals surface area contributed by atoms with E-state index in [1.165, 1.54) is 24.3 Å². The van der Waals surface area contributed by atoms with Crippen molar-refractivity contribution in [3.63, 3.8) is 0 Å². The Morgan fingerprint density at radius 1 is 0.964 bits per heavy atom. The summed E-state index contributed by atoms with van der Waals surface area (Å²) in [5, 5.41) is 0. The molecule has 0 amide bonds. The minimum absolute atomic E-state index is 0.0724. The molecule has 6 nitrogen and oxygen atoms in total. The largest absolute Gasteiger partial charge is 0.454 e. The van der Waals surface area contributed by atoms with E-state index in [2.05, 4.69) is 0 Å². The van der Waals surface area contributed by atoms with Gasteiger partial charge in [0.1, 0.15) is 10.6 Å². The van der Waals surface area contributed by atoms with Gasteiger partial charge in [0.15, 0.2) is 12.4 Å². The standard InChI is InChI=1S/C21H24O6S/c1-14-6-7-15(2)18(12-14)28(24,25)27-17-10-8-16(9-11-17)20(23)26-13-19(22)21(3,4)5/h6-12H,13H2,1-5H3. The third-order valence-electron chi connectivity index (χ3n) is 4.08. The molecule has 0 fully saturated rings. The molecule has 0 N–H and O–H groups in total. The lowest BCUT2D eigenvalue weighted by Crippen LogP contribution is -2.26. The summed E-state index contributed by atoms with van der Waals surface area (Å²) < 4.78 is 35.2. The highest BCUT2D eigenvalue weighted by molar-refractivity contribution is 7.87. The number of benzene rings is 2. The van der Waals surface area contributed by atoms with Crippen molar-refractivity contribution >= 4 is 21.9 Å². The van der Waals surface area contributed by atoms with Crippen molar-refractivity contribution in [3.8, 4) is 5.75 Å². The summed E-state index contributed by atoms with van der Waals surface area (Å²) >= 11 is 0. The molecule has 0 saturated carbocycles. The lowest BCUT2D eigenvalue weighted by Gasteiger charge is -2.16. The summed E-state index contributed by atoms with van der Waals surface area (Å²) in [5.74, 6) is -0.787. The maximum absolute atomic E-state index is 12.5. The van der Waals surface area contributed by atoms with Crippen LogP contribution in [0.3, 0.4) is 0 Å². The summed E-state index contributed by atoms with van der Waals surface area (Å²) in [6, 6.07) is 10.6. The number of hydrogen-bond acceptors (Lipinski definition) is 6. The molecule has 0 aliphatic heterocycles. The minimum Gasteiger partial charge on any atom is -0.454 e. The van der Waals surface area contributed by atoms with Crippen molar-refractivity contribution in [1.82, 2.24) is 0 Å². The van der Waals surface area contributed by atoms with Crippen molar-refractivity contribution in [2.75, 3.05) is 6.61 Å². The van der Waals surface area contributed by atoms with Gasteiger partial charge in [-0.05, 0) is 55.3 Å². The molecule has 0 aliphatic carbocycles. The van der Waals surface area contributed by atoms with Gasteiger partial charge < -0.3 is 8.92 Å². The Hall–Kier alpha value is -2.67. The summed E-state index contributed by atoms with van der Waals surface area (Å²) in [6.45, 7) is 8.39. The van der Waals surface area contributed by atoms with Crippen LogP contribution in [-0.2, 0) is 19.6 Å². The minimum atomic E-state index is -4.00. The Morgan fingerprint density at radius 3 is 2.14 bits per heavy atom. The first-order valence-corrected chi connectivity index (χ1v) is 10.1. The third kappa shape index (κ3) is 5.42. The normalized spacial score (nSPS) is 11.8. The molecule has 0 atom stereocenters. The second-order valence-electron chi connectivity index (χ2n) is 7.58. The zero-order valence-corrected chi connectivity index (χ0v) is 17.4. The number of hydrogen-bond donors (Lipinski definition) is 0. The fraction of sp³-hybridized carbons (Fsp3) is 0.333. The molecule has 0 aromatic heterocycles. The molecule has 0 unspecified atom stereocenters. The molecule has 7 heteroatoms. The van der Waals surface area contributed by atoms with Crippen LogP contribution >= 0.6 is 0 Å². The van der Waals surface area contributed by atoms with E-state index in [1.807, 2.05) is 6.07 Å². The first-order valence-electron chi connectivity index (χ1n) is 8.72. The molecule has 0 saturated heterocycles. The van der Waals surface area contributed by atoms with E-state index in [0.717, 1.165) is 5.56 Å². The quantitative estimate of drug-likeness (QED) is 0.537. The van der Waals surface area contributed by atoms with Gasteiger partial charge in [-0.25, -0.2) is 4.79 Å². The van der Waals surface area contributed by atoms with Crippen LogP contribution in [0.25, 0.3) is 0 Å². The van der Waals surface area contributed by atoms with Gasteiger partial charge in [0, 0.05) is 5.41 Å². The van der Waals surface area contributed by atoms with E-state index >= 15 is 0 Å². The number of ether oxygens (including phenoxy) is 1. The molecule has 0 aliphatic rings. The molecule has 0 heterocycles. The molecule has 0 bridgehead atoms. The first kappa shape index (κ1) is 21.6. The van der Waals surface area contributed by atoms with Gasteiger partial charge in [0.2, 0.25) is 0 Å². The Kier molecular flexibility index (Phi) is 6.29. The SMILES string of the molecule is Cc1ccc(C)c(S(=O)(=O)Oc2ccc(C(=O)OCC(=O)C(C)(C)C)cc2)c1. The van der Waals surface area contributed by atoms with Gasteiger partial charge >= 0.3 is 16.1 Å². The molecule has 0 spiro atoms. The van der Waals surface area contributed by atoms with E-state index in [4.69, 9.17) is 8.92 Å². The van der Waals surface area contributed by atoms with Crippen LogP contribution < -0.4 is 4.18 Å². The highest BCUT2D eigenvalue weighted by Gasteiger charge is 2.23. The second kappa shape index (κ2) is 8.14. The average Bonchev–Trinajstić information content (AvgIpc) is 2.60. The first-order chi connectivity index (χ1) is 12.9. The van der Waals surface area contributed by atoms with Crippen molar-refractivity contribution in [1.29, 1.82) is 0 Å². The van der Waals surface area contributed by atoms with E-state index in [-0.39, 0.29) is 28.6 Å². The summed E-state index contributed by atoms with van der Waals surface area (Å²) in [6.07, 6.45) is 0. The Balaban J connectivity index is 2.09. The van der Waals surface area contributed by atoms with Gasteiger partial charge in [-0.2, -0.15) is 8.42 Å². The van der Waals surface area contributed by atoms with Crippen LogP contribution in [0.15, 0.2) is 47.4 Å². The van der Waals surface area contributed by atoms with Gasteiger partial charge in [0.05, 0.1) is 5.56 Å². The van der Waals surface area contributed by atoms with Gasteiger partial charge in [-0.3, -0.25) is 4.79 Å². The topological polar surface area (TPSA) is 86.7 Å². The van der Waals surface area contributed by atoms with Gasteiger partial charge in [-0.1, -0.05) is 32.9 Å². The highest BCUT2D eigenvalue weighted by atomic mass is 32.2. The summed E-state index contributed by atoms with van der Waals surface area (Å²) in [5.41, 5.74) is 0.975. The van der Waals surface area contributed by atoms with Crippen LogP contribution in [0.2, 0.25) is 0 Å². The maximum atomic E-state index is 12.5. The highest BCUT2D eigenvalue weighted by Crippen LogP contribution is 2.23. The number of esters is 1. The Bertz CT molecular complexity index is 983. The van der Waals surface area contributed by atoms with Crippen molar-refractivity contribution in [2.24, 2.45) is 5.41 Å². The maximum Gasteiger partial charge on any atom is 0.339 e. The van der Waals surface area contributed by atoms with Crippen molar-refractivity contribution < 1.29 is 26.9 Å². The average molecular weight is 404 g/mol. The number of rotatable bonds is 6. The zero-order chi connectivity index (χ0) is 21.1. The number of aryl methyl sites for hydroxylation is 2. The van der Waals surface area contributed by atoms with Gasteiger partial charge in [-0.15, -0.1) is 0 Å². The van der Waals surface area contributed by atoms with Crippen molar-refractivity contribution in [3.05, 3.63) is 59.2 Å². The molecule has 0 radical (unpaired) electrons. The van der Waals surface area contributed by atoms with Crippen LogP contribution in [0.5, 0.6) is 5.75 Å². The van der Waals surface area contributed by atoms with E-state index in [0.29, 0.717) is 5.56 Å². The molecular formula is C21H24O6S. The van der Waals surface area contributed by atoms with E-state index in [9.17, 15) is 18.0 Å². The number of carbonyl (C=O) groups excluding carboxylic acids is 2. The zero-order valence-electron chi connectivity index (χ0n) is 16.6. The van der Waals surface area contributed by atoms with Crippen molar-refractivity contribution in [2.45, 2.75) is 39.5 Å². The Morgan fingerprint density at radius 2 is 1.57 bits per heavy atom. The molecule has 2 aromatic rings. The summed E-state index contributed by atoms with van der Waals surface area (Å²) in [4.78, 5) is 24.0. The van der Waals surface area contributed by atoms with Crippen LogP contribution in [-0.4, -0.2) is 26.8 Å². The van der Waals surface area contributed by atoms with Gasteiger partial charge in [0.25, 0.3) is 0 Å². The fourth-order valence-electron chi connectivity index (χ4n) is 2.23. The number of ketones is 1. The third-order valence-corrected chi connectivity index (χ3v) is 5.47. The predicted molar refractivity (Wildman–Crippen MR) is 105 cm³/mol. The molecule has 150 valence electrons. The van der Waals surface area contributed by atoms with Crippen LogP contribution in [0.1, 0.15) is 42.3 Å². The molecule has 2 rings (SSSR count).